The smallest absolute Gasteiger partial charge is 0.278 e. The molecular weight excluding hydrogens is 292 g/mol. The highest BCUT2D eigenvalue weighted by Gasteiger charge is 2.26. The van der Waals surface area contributed by atoms with Crippen molar-refractivity contribution in [2.75, 3.05) is 0 Å². The lowest BCUT2D eigenvalue weighted by molar-refractivity contribution is 0.00330. The van der Waals surface area contributed by atoms with Crippen LogP contribution in [-0.2, 0) is 17.9 Å². The van der Waals surface area contributed by atoms with Gasteiger partial charge in [-0.25, -0.2) is 4.98 Å². The first-order valence-corrected chi connectivity index (χ1v) is 7.77. The molecule has 0 spiro atoms. The minimum absolute atomic E-state index is 0.0414. The maximum atomic E-state index is 6.01. The Bertz CT molecular complexity index is 807. The average molecular weight is 310 g/mol. The van der Waals surface area contributed by atoms with Crippen LogP contribution in [0.15, 0.2) is 41.2 Å². The van der Waals surface area contributed by atoms with Gasteiger partial charge in [-0.1, -0.05) is 49.3 Å². The van der Waals surface area contributed by atoms with Gasteiger partial charge in [0.05, 0.1) is 25.2 Å². The minimum Gasteiger partial charge on any atom is -0.365 e. The predicted molar refractivity (Wildman–Crippen MR) is 83.6 cm³/mol. The molecule has 0 saturated heterocycles. The van der Waals surface area contributed by atoms with E-state index in [0.29, 0.717) is 18.3 Å². The Morgan fingerprint density at radius 1 is 1.22 bits per heavy atom. The van der Waals surface area contributed by atoms with Gasteiger partial charge in [0.2, 0.25) is 0 Å². The number of ether oxygens (including phenoxy) is 1. The van der Waals surface area contributed by atoms with Crippen LogP contribution in [0.2, 0.25) is 0 Å². The summed E-state index contributed by atoms with van der Waals surface area (Å²) in [6.45, 7) is 5.28. The van der Waals surface area contributed by atoms with E-state index in [4.69, 9.17) is 9.26 Å². The van der Waals surface area contributed by atoms with Crippen LogP contribution in [0, 0.1) is 0 Å². The van der Waals surface area contributed by atoms with E-state index < -0.39 is 0 Å². The van der Waals surface area contributed by atoms with Crippen LogP contribution in [0.1, 0.15) is 43.0 Å². The Hall–Kier alpha value is -2.47. The second-order valence-corrected chi connectivity index (χ2v) is 6.01. The van der Waals surface area contributed by atoms with E-state index in [1.165, 1.54) is 5.56 Å². The molecule has 6 nitrogen and oxygen atoms in total. The molecule has 0 N–H and O–H groups in total. The number of benzene rings is 1. The summed E-state index contributed by atoms with van der Waals surface area (Å²) >= 11 is 0. The molecule has 3 heterocycles. The van der Waals surface area contributed by atoms with Gasteiger partial charge < -0.3 is 13.8 Å². The van der Waals surface area contributed by atoms with Gasteiger partial charge >= 0.3 is 0 Å². The van der Waals surface area contributed by atoms with Gasteiger partial charge in [-0.3, -0.25) is 0 Å². The molecule has 0 amide bonds. The van der Waals surface area contributed by atoms with Crippen molar-refractivity contribution < 1.29 is 9.26 Å². The van der Waals surface area contributed by atoms with Crippen molar-refractivity contribution in [3.63, 3.8) is 0 Å². The van der Waals surface area contributed by atoms with Gasteiger partial charge in [-0.15, -0.1) is 0 Å². The number of imidazole rings is 1. The summed E-state index contributed by atoms with van der Waals surface area (Å²) in [7, 11) is 0. The second kappa shape index (κ2) is 5.62. The van der Waals surface area contributed by atoms with E-state index in [2.05, 4.69) is 31.8 Å². The highest BCUT2D eigenvalue weighted by molar-refractivity contribution is 5.51. The maximum absolute atomic E-state index is 6.01. The van der Waals surface area contributed by atoms with Crippen molar-refractivity contribution in [2.24, 2.45) is 0 Å². The lowest BCUT2D eigenvalue weighted by atomic mass is 10.1. The van der Waals surface area contributed by atoms with Gasteiger partial charge in [-0.05, 0) is 5.56 Å². The third-order valence-corrected chi connectivity index (χ3v) is 4.06. The van der Waals surface area contributed by atoms with Crippen LogP contribution in [0.3, 0.4) is 0 Å². The van der Waals surface area contributed by atoms with E-state index in [9.17, 15) is 0 Å². The lowest BCUT2D eigenvalue weighted by Crippen LogP contribution is -2.20. The van der Waals surface area contributed by atoms with Crippen molar-refractivity contribution in [1.29, 1.82) is 0 Å². The average Bonchev–Trinajstić information content (AvgIpc) is 3.21. The first-order valence-electron chi connectivity index (χ1n) is 7.77. The van der Waals surface area contributed by atoms with Crippen LogP contribution in [0.5, 0.6) is 0 Å². The number of nitrogens with zero attached hydrogens (tertiary/aromatic N) is 4. The maximum Gasteiger partial charge on any atom is 0.278 e. The van der Waals surface area contributed by atoms with Gasteiger partial charge in [0, 0.05) is 5.92 Å². The van der Waals surface area contributed by atoms with Crippen molar-refractivity contribution in [2.45, 2.75) is 39.0 Å². The van der Waals surface area contributed by atoms with Gasteiger partial charge in [-0.2, -0.15) is 4.98 Å². The van der Waals surface area contributed by atoms with E-state index in [0.717, 1.165) is 17.9 Å². The van der Waals surface area contributed by atoms with Crippen LogP contribution in [0.25, 0.3) is 11.6 Å². The number of fused-ring (bicyclic) bond motifs is 1. The second-order valence-electron chi connectivity index (χ2n) is 6.01. The SMILES string of the molecule is CC(C)c1noc(-c2ncn3c2CO[C@H](c2ccccc2)C3)n1. The predicted octanol–water partition coefficient (Wildman–Crippen LogP) is 3.33. The molecule has 2 aromatic heterocycles. The first-order chi connectivity index (χ1) is 11.2. The molecule has 4 rings (SSSR count). The molecule has 0 bridgehead atoms. The van der Waals surface area contributed by atoms with Crippen LogP contribution >= 0.6 is 0 Å². The van der Waals surface area contributed by atoms with Gasteiger partial charge in [0.15, 0.2) is 11.5 Å². The lowest BCUT2D eigenvalue weighted by Gasteiger charge is -2.25. The van der Waals surface area contributed by atoms with Crippen molar-refractivity contribution in [3.05, 3.63) is 53.7 Å². The summed E-state index contributed by atoms with van der Waals surface area (Å²) in [6.07, 6.45) is 1.86. The topological polar surface area (TPSA) is 66.0 Å². The monoisotopic (exact) mass is 310 g/mol. The Labute approximate surface area is 134 Å². The number of hydrogen-bond donors (Lipinski definition) is 0. The van der Waals surface area contributed by atoms with Crippen LogP contribution < -0.4 is 0 Å². The fourth-order valence-corrected chi connectivity index (χ4v) is 2.74. The molecule has 23 heavy (non-hydrogen) atoms. The van der Waals surface area contributed by atoms with Crippen molar-refractivity contribution in [3.8, 4) is 11.6 Å². The van der Waals surface area contributed by atoms with E-state index in [1.54, 1.807) is 0 Å². The summed E-state index contributed by atoms with van der Waals surface area (Å²) in [6, 6.07) is 10.2. The van der Waals surface area contributed by atoms with Gasteiger partial charge in [0.25, 0.3) is 5.89 Å². The largest absolute Gasteiger partial charge is 0.365 e. The molecule has 0 aliphatic carbocycles. The minimum atomic E-state index is 0.0414. The Morgan fingerprint density at radius 2 is 2.04 bits per heavy atom. The van der Waals surface area contributed by atoms with Crippen LogP contribution in [0.4, 0.5) is 0 Å². The third kappa shape index (κ3) is 2.55. The zero-order valence-electron chi connectivity index (χ0n) is 13.1. The summed E-state index contributed by atoms with van der Waals surface area (Å²) < 4.78 is 13.5. The molecule has 1 atom stereocenters. The normalized spacial score (nSPS) is 17.4. The molecule has 1 aliphatic rings. The quantitative estimate of drug-likeness (QED) is 0.742. The standard InChI is InChI=1S/C17H18N4O2/c1-11(2)16-19-17(23-20-16)15-13-9-22-14(8-21(13)10-18-15)12-6-4-3-5-7-12/h3-7,10-11,14H,8-9H2,1-2H3/t14-/m0/s1. The Balaban J connectivity index is 1.62. The molecule has 0 unspecified atom stereocenters. The summed E-state index contributed by atoms with van der Waals surface area (Å²) in [5.74, 6) is 1.38. The van der Waals surface area contributed by atoms with Crippen LogP contribution in [-0.4, -0.2) is 19.7 Å². The number of rotatable bonds is 3. The summed E-state index contributed by atoms with van der Waals surface area (Å²) in [5.41, 5.74) is 2.88. The van der Waals surface area contributed by atoms with E-state index in [1.807, 2.05) is 38.4 Å². The molecule has 0 fully saturated rings. The fourth-order valence-electron chi connectivity index (χ4n) is 2.74. The van der Waals surface area contributed by atoms with Gasteiger partial charge in [0.1, 0.15) is 6.10 Å². The molecule has 6 heteroatoms. The van der Waals surface area contributed by atoms with E-state index in [-0.39, 0.29) is 12.0 Å². The zero-order valence-corrected chi connectivity index (χ0v) is 13.1. The highest BCUT2D eigenvalue weighted by Crippen LogP contribution is 2.31. The zero-order chi connectivity index (χ0) is 15.8. The fraction of sp³-hybridized carbons (Fsp3) is 0.353. The Kier molecular flexibility index (Phi) is 3.46. The molecule has 1 aliphatic heterocycles. The number of hydrogen-bond acceptors (Lipinski definition) is 5. The third-order valence-electron chi connectivity index (χ3n) is 4.06. The molecule has 118 valence electrons. The molecule has 0 radical (unpaired) electrons. The molecule has 1 aromatic carbocycles. The van der Waals surface area contributed by atoms with E-state index >= 15 is 0 Å². The summed E-state index contributed by atoms with van der Waals surface area (Å²) in [5, 5.41) is 4.01. The van der Waals surface area contributed by atoms with Crippen molar-refractivity contribution >= 4 is 0 Å². The molecule has 3 aromatic rings. The molecular formula is C17H18N4O2. The van der Waals surface area contributed by atoms with Crippen molar-refractivity contribution in [1.82, 2.24) is 19.7 Å². The summed E-state index contributed by atoms with van der Waals surface area (Å²) in [4.78, 5) is 8.88. The number of aromatic nitrogens is 4. The first kappa shape index (κ1) is 14.1. The molecule has 0 saturated carbocycles. The Morgan fingerprint density at radius 3 is 2.78 bits per heavy atom. The highest BCUT2D eigenvalue weighted by atomic mass is 16.5.